The summed E-state index contributed by atoms with van der Waals surface area (Å²) in [6.45, 7) is 0. The second-order valence-electron chi connectivity index (χ2n) is 11.7. The van der Waals surface area contributed by atoms with Gasteiger partial charge in [-0.1, -0.05) is 109 Å². The van der Waals surface area contributed by atoms with Crippen molar-refractivity contribution in [3.8, 4) is 56.5 Å². The van der Waals surface area contributed by atoms with Crippen LogP contribution < -0.4 is 0 Å². The summed E-state index contributed by atoms with van der Waals surface area (Å²) < 4.78 is 0. The normalized spacial score (nSPS) is 11.3. The zero-order valence-electron chi connectivity index (χ0n) is 25.8. The molecule has 5 nitrogen and oxygen atoms in total. The van der Waals surface area contributed by atoms with Gasteiger partial charge in [-0.3, -0.25) is 9.97 Å². The minimum absolute atomic E-state index is 0.515. The lowest BCUT2D eigenvalue weighted by molar-refractivity contribution is 1.06. The van der Waals surface area contributed by atoms with Crippen LogP contribution in [-0.2, 0) is 0 Å². The maximum atomic E-state index is 4.91. The van der Waals surface area contributed by atoms with E-state index in [2.05, 4.69) is 119 Å². The van der Waals surface area contributed by atoms with E-state index in [9.17, 15) is 0 Å². The smallest absolute Gasteiger partial charge is 0.182 e. The van der Waals surface area contributed by atoms with Gasteiger partial charge in [-0.2, -0.15) is 0 Å². The van der Waals surface area contributed by atoms with Crippen molar-refractivity contribution in [1.29, 1.82) is 0 Å². The number of pyridine rings is 2. The summed E-state index contributed by atoms with van der Waals surface area (Å²) in [6, 6.07) is 50.8. The maximum Gasteiger partial charge on any atom is 0.182 e. The molecule has 224 valence electrons. The van der Waals surface area contributed by atoms with E-state index in [0.29, 0.717) is 23.2 Å². The molecule has 48 heavy (non-hydrogen) atoms. The Morgan fingerprint density at radius 2 is 0.896 bits per heavy atom. The van der Waals surface area contributed by atoms with Gasteiger partial charge in [-0.15, -0.1) is 0 Å². The van der Waals surface area contributed by atoms with Gasteiger partial charge in [0.1, 0.15) is 5.69 Å². The van der Waals surface area contributed by atoms with Gasteiger partial charge in [0.15, 0.2) is 17.5 Å². The molecule has 9 rings (SSSR count). The molecule has 5 heteroatoms. The number of rotatable bonds is 5. The molecule has 0 saturated carbocycles. The number of benzene rings is 6. The highest BCUT2D eigenvalue weighted by Gasteiger charge is 2.16. The molecule has 0 aliphatic heterocycles. The van der Waals surface area contributed by atoms with Crippen LogP contribution in [0.25, 0.3) is 88.9 Å². The standard InChI is InChI=1S/C43H27N5/c1-2-15-33(29-21-22-38-36-18-4-3-16-34(36)35-17-5-6-19-37(35)39(38)26-29)32(14-1)28-11-9-12-30(25-28)41-46-42(31-13-10-23-44-27-31)48-43(47-41)40-20-7-8-24-45-40/h1-27H. The Bertz CT molecular complexity index is 2520. The SMILES string of the molecule is c1ccc(-c2nc(-c3cccnc3)nc(-c3cccc(-c4ccccc4-c4ccc5c6ccccc6c6ccccc6c5c4)c3)n2)nc1. The molecule has 0 spiro atoms. The van der Waals surface area contributed by atoms with Gasteiger partial charge in [-0.25, -0.2) is 15.0 Å². The maximum absolute atomic E-state index is 4.91. The van der Waals surface area contributed by atoms with Crippen molar-refractivity contribution < 1.29 is 0 Å². The monoisotopic (exact) mass is 613 g/mol. The Balaban J connectivity index is 1.19. The fourth-order valence-corrected chi connectivity index (χ4v) is 6.63. The Morgan fingerprint density at radius 3 is 1.56 bits per heavy atom. The molecule has 3 aromatic heterocycles. The Morgan fingerprint density at radius 1 is 0.333 bits per heavy atom. The van der Waals surface area contributed by atoms with Crippen molar-refractivity contribution in [2.24, 2.45) is 0 Å². The number of nitrogens with zero attached hydrogens (tertiary/aromatic N) is 5. The van der Waals surface area contributed by atoms with Gasteiger partial charge in [0.05, 0.1) is 0 Å². The van der Waals surface area contributed by atoms with Gasteiger partial charge < -0.3 is 0 Å². The molecule has 0 aliphatic rings. The van der Waals surface area contributed by atoms with Crippen molar-refractivity contribution in [2.45, 2.75) is 0 Å². The number of hydrogen-bond acceptors (Lipinski definition) is 5. The number of fused-ring (bicyclic) bond motifs is 6. The molecular weight excluding hydrogens is 587 g/mol. The highest BCUT2D eigenvalue weighted by atomic mass is 15.0. The third kappa shape index (κ3) is 4.86. The van der Waals surface area contributed by atoms with E-state index < -0.39 is 0 Å². The fraction of sp³-hybridized carbons (Fsp3) is 0. The summed E-state index contributed by atoms with van der Waals surface area (Å²) in [5.41, 5.74) is 6.93. The largest absolute Gasteiger partial charge is 0.264 e. The van der Waals surface area contributed by atoms with Gasteiger partial charge in [0, 0.05) is 29.7 Å². The highest BCUT2D eigenvalue weighted by Crippen LogP contribution is 2.39. The predicted molar refractivity (Wildman–Crippen MR) is 195 cm³/mol. The number of hydrogen-bond donors (Lipinski definition) is 0. The lowest BCUT2D eigenvalue weighted by Crippen LogP contribution is -2.01. The Labute approximate surface area is 277 Å². The number of aromatic nitrogens is 5. The summed E-state index contributed by atoms with van der Waals surface area (Å²) in [4.78, 5) is 23.4. The highest BCUT2D eigenvalue weighted by molar-refractivity contribution is 6.25. The van der Waals surface area contributed by atoms with Crippen LogP contribution in [0.2, 0.25) is 0 Å². The van der Waals surface area contributed by atoms with Gasteiger partial charge in [-0.05, 0) is 91.0 Å². The van der Waals surface area contributed by atoms with E-state index in [1.54, 1.807) is 18.6 Å². The Kier molecular flexibility index (Phi) is 6.72. The minimum Gasteiger partial charge on any atom is -0.264 e. The van der Waals surface area contributed by atoms with Crippen LogP contribution in [-0.4, -0.2) is 24.9 Å². The van der Waals surface area contributed by atoms with Crippen LogP contribution in [0, 0.1) is 0 Å². The summed E-state index contributed by atoms with van der Waals surface area (Å²) in [6.07, 6.45) is 5.26. The van der Waals surface area contributed by atoms with Gasteiger partial charge in [0.2, 0.25) is 0 Å². The van der Waals surface area contributed by atoms with Gasteiger partial charge in [0.25, 0.3) is 0 Å². The van der Waals surface area contributed by atoms with Crippen molar-refractivity contribution in [3.05, 3.63) is 164 Å². The molecule has 0 N–H and O–H groups in total. The molecular formula is C43H27N5. The molecule has 0 aliphatic carbocycles. The molecule has 0 atom stereocenters. The van der Waals surface area contributed by atoms with E-state index in [0.717, 1.165) is 27.8 Å². The van der Waals surface area contributed by atoms with E-state index in [-0.39, 0.29) is 0 Å². The van der Waals surface area contributed by atoms with Crippen LogP contribution in [0.5, 0.6) is 0 Å². The molecule has 0 amide bonds. The molecule has 0 unspecified atom stereocenters. The summed E-state index contributed by atoms with van der Waals surface area (Å²) in [7, 11) is 0. The second-order valence-corrected chi connectivity index (χ2v) is 11.7. The summed E-state index contributed by atoms with van der Waals surface area (Å²) >= 11 is 0. The van der Waals surface area contributed by atoms with Crippen LogP contribution >= 0.6 is 0 Å². The molecule has 6 aromatic carbocycles. The quantitative estimate of drug-likeness (QED) is 0.181. The average Bonchev–Trinajstić information content (AvgIpc) is 3.18. The molecule has 0 saturated heterocycles. The average molecular weight is 614 g/mol. The molecule has 0 radical (unpaired) electrons. The van der Waals surface area contributed by atoms with Crippen molar-refractivity contribution in [2.75, 3.05) is 0 Å². The second kappa shape index (κ2) is 11.6. The first-order valence-electron chi connectivity index (χ1n) is 15.9. The van der Waals surface area contributed by atoms with Crippen LogP contribution in [0.4, 0.5) is 0 Å². The van der Waals surface area contributed by atoms with E-state index in [1.165, 1.54) is 37.9 Å². The van der Waals surface area contributed by atoms with Gasteiger partial charge >= 0.3 is 0 Å². The first kappa shape index (κ1) is 27.7. The predicted octanol–water partition coefficient (Wildman–Crippen LogP) is 10.5. The first-order valence-corrected chi connectivity index (χ1v) is 15.9. The lowest BCUT2D eigenvalue weighted by Gasteiger charge is -2.15. The van der Waals surface area contributed by atoms with Crippen LogP contribution in [0.3, 0.4) is 0 Å². The van der Waals surface area contributed by atoms with Crippen LogP contribution in [0.15, 0.2) is 164 Å². The topological polar surface area (TPSA) is 64.5 Å². The first-order chi connectivity index (χ1) is 23.8. The van der Waals surface area contributed by atoms with E-state index >= 15 is 0 Å². The summed E-state index contributed by atoms with van der Waals surface area (Å²) in [5, 5.41) is 7.59. The summed E-state index contributed by atoms with van der Waals surface area (Å²) in [5.74, 6) is 1.64. The lowest BCUT2D eigenvalue weighted by atomic mass is 9.89. The molecule has 0 fully saturated rings. The minimum atomic E-state index is 0.515. The van der Waals surface area contributed by atoms with Crippen molar-refractivity contribution >= 4 is 32.3 Å². The Hall–Kier alpha value is -6.59. The third-order valence-electron chi connectivity index (χ3n) is 8.86. The zero-order chi connectivity index (χ0) is 31.9. The zero-order valence-corrected chi connectivity index (χ0v) is 25.8. The van der Waals surface area contributed by atoms with Crippen molar-refractivity contribution in [3.63, 3.8) is 0 Å². The van der Waals surface area contributed by atoms with Crippen LogP contribution in [0.1, 0.15) is 0 Å². The fourth-order valence-electron chi connectivity index (χ4n) is 6.63. The van der Waals surface area contributed by atoms with Crippen molar-refractivity contribution in [1.82, 2.24) is 24.9 Å². The molecule has 0 bridgehead atoms. The van der Waals surface area contributed by atoms with E-state index in [4.69, 9.17) is 15.0 Å². The van der Waals surface area contributed by atoms with E-state index in [1.807, 2.05) is 36.4 Å². The third-order valence-corrected chi connectivity index (χ3v) is 8.86. The molecule has 3 heterocycles. The molecule has 9 aromatic rings.